The minimum Gasteiger partial charge on any atom is -0.506 e. The molecular formula is C13H15NO5. The minimum absolute atomic E-state index is 0.0405. The van der Waals surface area contributed by atoms with Crippen molar-refractivity contribution >= 4 is 17.6 Å². The number of ether oxygens (including phenoxy) is 1. The van der Waals surface area contributed by atoms with E-state index in [1.165, 1.54) is 12.1 Å². The average molecular weight is 265 g/mol. The second kappa shape index (κ2) is 5.27. The number of carbonyl (C=O) groups is 2. The molecule has 0 saturated carbocycles. The van der Waals surface area contributed by atoms with Crippen LogP contribution in [0, 0.1) is 0 Å². The van der Waals surface area contributed by atoms with Gasteiger partial charge in [-0.25, -0.2) is 4.79 Å². The van der Waals surface area contributed by atoms with Gasteiger partial charge < -0.3 is 20.3 Å². The lowest BCUT2D eigenvalue weighted by molar-refractivity contribution is -0.126. The molecule has 6 heteroatoms. The topological polar surface area (TPSA) is 95.9 Å². The maximum atomic E-state index is 11.9. The maximum absolute atomic E-state index is 11.9. The van der Waals surface area contributed by atoms with Crippen molar-refractivity contribution in [1.29, 1.82) is 0 Å². The summed E-state index contributed by atoms with van der Waals surface area (Å²) in [5.41, 5.74) is 0.138. The number of aromatic hydroxyl groups is 1. The highest BCUT2D eigenvalue weighted by atomic mass is 16.5. The Morgan fingerprint density at radius 1 is 1.37 bits per heavy atom. The van der Waals surface area contributed by atoms with Crippen LogP contribution in [0.2, 0.25) is 0 Å². The van der Waals surface area contributed by atoms with E-state index < -0.39 is 12.1 Å². The maximum Gasteiger partial charge on any atom is 0.335 e. The molecule has 1 saturated heterocycles. The van der Waals surface area contributed by atoms with Gasteiger partial charge in [-0.1, -0.05) is 0 Å². The summed E-state index contributed by atoms with van der Waals surface area (Å²) < 4.78 is 5.41. The lowest BCUT2D eigenvalue weighted by Crippen LogP contribution is -2.27. The molecule has 19 heavy (non-hydrogen) atoms. The van der Waals surface area contributed by atoms with E-state index in [9.17, 15) is 14.7 Å². The molecule has 2 unspecified atom stereocenters. The molecule has 0 aromatic heterocycles. The first kappa shape index (κ1) is 13.4. The molecule has 1 aliphatic heterocycles. The second-order valence-electron chi connectivity index (χ2n) is 4.54. The van der Waals surface area contributed by atoms with Crippen LogP contribution in [0.4, 0.5) is 5.69 Å². The normalized spacial score (nSPS) is 22.2. The van der Waals surface area contributed by atoms with Gasteiger partial charge in [0.2, 0.25) is 0 Å². The van der Waals surface area contributed by atoms with Crippen LogP contribution in [-0.2, 0) is 9.53 Å². The van der Waals surface area contributed by atoms with Crippen molar-refractivity contribution in [3.05, 3.63) is 23.8 Å². The molecule has 1 aromatic carbocycles. The fourth-order valence-corrected chi connectivity index (χ4v) is 1.98. The number of phenolic OH excluding ortho intramolecular Hbond substituents is 1. The molecule has 2 rings (SSSR count). The number of benzene rings is 1. The van der Waals surface area contributed by atoms with Crippen molar-refractivity contribution in [3.8, 4) is 5.75 Å². The van der Waals surface area contributed by atoms with Crippen molar-refractivity contribution in [2.45, 2.75) is 32.0 Å². The number of hydrogen-bond donors (Lipinski definition) is 3. The predicted octanol–water partition coefficient (Wildman–Crippen LogP) is 1.60. The van der Waals surface area contributed by atoms with Crippen molar-refractivity contribution in [2.24, 2.45) is 0 Å². The molecular weight excluding hydrogens is 250 g/mol. The van der Waals surface area contributed by atoms with Gasteiger partial charge in [-0.2, -0.15) is 0 Å². The van der Waals surface area contributed by atoms with Crippen molar-refractivity contribution in [1.82, 2.24) is 0 Å². The summed E-state index contributed by atoms with van der Waals surface area (Å²) in [6.07, 6.45) is 0.996. The number of rotatable bonds is 3. The Bertz CT molecular complexity index is 514. The van der Waals surface area contributed by atoms with Gasteiger partial charge in [-0.15, -0.1) is 0 Å². The van der Waals surface area contributed by atoms with E-state index in [0.29, 0.717) is 6.42 Å². The molecule has 0 aliphatic carbocycles. The van der Waals surface area contributed by atoms with E-state index in [0.717, 1.165) is 12.5 Å². The van der Waals surface area contributed by atoms with E-state index in [1.807, 2.05) is 6.92 Å². The molecule has 3 N–H and O–H groups in total. The summed E-state index contributed by atoms with van der Waals surface area (Å²) in [6, 6.07) is 3.76. The van der Waals surface area contributed by atoms with Gasteiger partial charge in [0.05, 0.1) is 17.4 Å². The first-order valence-electron chi connectivity index (χ1n) is 6.00. The fraction of sp³-hybridized carbons (Fsp3) is 0.385. The van der Waals surface area contributed by atoms with Gasteiger partial charge in [0.1, 0.15) is 11.9 Å². The third kappa shape index (κ3) is 3.03. The lowest BCUT2D eigenvalue weighted by Gasteiger charge is -2.12. The van der Waals surface area contributed by atoms with Crippen molar-refractivity contribution < 1.29 is 24.5 Å². The van der Waals surface area contributed by atoms with E-state index >= 15 is 0 Å². The molecule has 1 amide bonds. The number of amides is 1. The first-order chi connectivity index (χ1) is 8.97. The van der Waals surface area contributed by atoms with Crippen LogP contribution < -0.4 is 5.32 Å². The molecule has 2 atom stereocenters. The zero-order valence-electron chi connectivity index (χ0n) is 10.4. The Kier molecular flexibility index (Phi) is 3.71. The summed E-state index contributed by atoms with van der Waals surface area (Å²) in [5.74, 6) is -1.75. The molecule has 0 radical (unpaired) electrons. The summed E-state index contributed by atoms with van der Waals surface area (Å²) in [7, 11) is 0. The zero-order chi connectivity index (χ0) is 14.0. The highest BCUT2D eigenvalue weighted by Gasteiger charge is 2.28. The number of carboxylic acid groups (broad SMARTS) is 1. The molecule has 1 heterocycles. The van der Waals surface area contributed by atoms with Crippen molar-refractivity contribution in [3.63, 3.8) is 0 Å². The van der Waals surface area contributed by atoms with Crippen molar-refractivity contribution in [2.75, 3.05) is 5.32 Å². The van der Waals surface area contributed by atoms with Gasteiger partial charge in [0.15, 0.2) is 0 Å². The Morgan fingerprint density at radius 3 is 2.63 bits per heavy atom. The SMILES string of the molecule is CC1CCC(C(=O)Nc2ccc(C(=O)O)cc2O)O1. The Labute approximate surface area is 110 Å². The number of hydrogen-bond acceptors (Lipinski definition) is 4. The highest BCUT2D eigenvalue weighted by Crippen LogP contribution is 2.26. The first-order valence-corrected chi connectivity index (χ1v) is 6.00. The molecule has 6 nitrogen and oxygen atoms in total. The Hall–Kier alpha value is -2.08. The van der Waals surface area contributed by atoms with Crippen LogP contribution in [-0.4, -0.2) is 34.3 Å². The summed E-state index contributed by atoms with van der Waals surface area (Å²) >= 11 is 0. The molecule has 0 bridgehead atoms. The quantitative estimate of drug-likeness (QED) is 0.721. The standard InChI is InChI=1S/C13H15NO5/c1-7-2-5-11(19-7)12(16)14-9-4-3-8(13(17)18)6-10(9)15/h3-4,6-7,11,15H,2,5H2,1H3,(H,14,16)(H,17,18). The number of phenols is 1. The van der Waals surface area contributed by atoms with Crippen LogP contribution in [0.1, 0.15) is 30.1 Å². The molecule has 1 aliphatic rings. The predicted molar refractivity (Wildman–Crippen MR) is 67.3 cm³/mol. The van der Waals surface area contributed by atoms with Gasteiger partial charge in [0, 0.05) is 0 Å². The third-order valence-corrected chi connectivity index (χ3v) is 3.03. The van der Waals surface area contributed by atoms with Gasteiger partial charge in [-0.05, 0) is 38.0 Å². The number of carbonyl (C=O) groups excluding carboxylic acids is 1. The van der Waals surface area contributed by atoms with Gasteiger partial charge in [-0.3, -0.25) is 4.79 Å². The summed E-state index contributed by atoms with van der Waals surface area (Å²) in [5, 5.41) is 21.0. The lowest BCUT2D eigenvalue weighted by atomic mass is 10.1. The molecule has 0 spiro atoms. The molecule has 102 valence electrons. The number of anilines is 1. The largest absolute Gasteiger partial charge is 0.506 e. The average Bonchev–Trinajstić information content (AvgIpc) is 2.78. The number of aromatic carboxylic acids is 1. The van der Waals surface area contributed by atoms with Gasteiger partial charge >= 0.3 is 5.97 Å². The third-order valence-electron chi connectivity index (χ3n) is 3.03. The van der Waals surface area contributed by atoms with E-state index in [2.05, 4.69) is 5.32 Å². The van der Waals surface area contributed by atoms with Crippen LogP contribution in [0.25, 0.3) is 0 Å². The van der Waals surface area contributed by atoms with E-state index in [1.54, 1.807) is 0 Å². The smallest absolute Gasteiger partial charge is 0.335 e. The van der Waals surface area contributed by atoms with Crippen LogP contribution in [0.5, 0.6) is 5.75 Å². The highest BCUT2D eigenvalue weighted by molar-refractivity contribution is 5.96. The Morgan fingerprint density at radius 2 is 2.11 bits per heavy atom. The Balaban J connectivity index is 2.07. The van der Waals surface area contributed by atoms with Crippen LogP contribution in [0.3, 0.4) is 0 Å². The van der Waals surface area contributed by atoms with Gasteiger partial charge in [0.25, 0.3) is 5.91 Å². The monoisotopic (exact) mass is 265 g/mol. The summed E-state index contributed by atoms with van der Waals surface area (Å²) in [6.45, 7) is 1.90. The zero-order valence-corrected chi connectivity index (χ0v) is 10.4. The number of carboxylic acids is 1. The van der Waals surface area contributed by atoms with Crippen LogP contribution >= 0.6 is 0 Å². The minimum atomic E-state index is -1.14. The number of nitrogens with one attached hydrogen (secondary N) is 1. The molecule has 1 fully saturated rings. The summed E-state index contributed by atoms with van der Waals surface area (Å²) in [4.78, 5) is 22.6. The second-order valence-corrected chi connectivity index (χ2v) is 4.54. The molecule has 1 aromatic rings. The van der Waals surface area contributed by atoms with Crippen LogP contribution in [0.15, 0.2) is 18.2 Å². The van der Waals surface area contributed by atoms with E-state index in [-0.39, 0.29) is 29.0 Å². The van der Waals surface area contributed by atoms with E-state index in [4.69, 9.17) is 9.84 Å². The fourth-order valence-electron chi connectivity index (χ4n) is 1.98.